The van der Waals surface area contributed by atoms with Crippen LogP contribution < -0.4 is 11.1 Å². The van der Waals surface area contributed by atoms with Crippen LogP contribution in [0.3, 0.4) is 0 Å². The SMILES string of the molecule is CCC[C@H](N)C(=O)NCCn1cccc1. The zero-order valence-corrected chi connectivity index (χ0v) is 9.15. The molecule has 3 N–H and O–H groups in total. The first-order valence-electron chi connectivity index (χ1n) is 5.38. The molecule has 0 radical (unpaired) electrons. The van der Waals surface area contributed by atoms with E-state index in [4.69, 9.17) is 5.73 Å². The lowest BCUT2D eigenvalue weighted by Crippen LogP contribution is -2.41. The Hall–Kier alpha value is -1.29. The van der Waals surface area contributed by atoms with Gasteiger partial charge in [0.1, 0.15) is 0 Å². The van der Waals surface area contributed by atoms with E-state index in [1.807, 2.05) is 36.0 Å². The van der Waals surface area contributed by atoms with Crippen molar-refractivity contribution in [2.75, 3.05) is 6.54 Å². The molecule has 0 aliphatic heterocycles. The Kier molecular flexibility index (Phi) is 4.90. The van der Waals surface area contributed by atoms with Crippen molar-refractivity contribution in [3.8, 4) is 0 Å². The van der Waals surface area contributed by atoms with Crippen LogP contribution in [0.5, 0.6) is 0 Å². The number of hydrogen-bond donors (Lipinski definition) is 2. The fraction of sp³-hybridized carbons (Fsp3) is 0.545. The molecule has 0 unspecified atom stereocenters. The number of nitrogens with zero attached hydrogens (tertiary/aromatic N) is 1. The number of hydrogen-bond acceptors (Lipinski definition) is 2. The van der Waals surface area contributed by atoms with Crippen molar-refractivity contribution in [2.45, 2.75) is 32.4 Å². The van der Waals surface area contributed by atoms with Gasteiger partial charge in [-0.15, -0.1) is 0 Å². The van der Waals surface area contributed by atoms with Crippen LogP contribution in [-0.4, -0.2) is 23.1 Å². The van der Waals surface area contributed by atoms with Gasteiger partial charge in [0.25, 0.3) is 0 Å². The highest BCUT2D eigenvalue weighted by Crippen LogP contribution is 1.93. The van der Waals surface area contributed by atoms with Crippen molar-refractivity contribution in [3.63, 3.8) is 0 Å². The van der Waals surface area contributed by atoms with Crippen LogP contribution in [-0.2, 0) is 11.3 Å². The lowest BCUT2D eigenvalue weighted by Gasteiger charge is -2.11. The third-order valence-electron chi connectivity index (χ3n) is 2.27. The number of amides is 1. The molecule has 84 valence electrons. The highest BCUT2D eigenvalue weighted by molar-refractivity contribution is 5.81. The van der Waals surface area contributed by atoms with Crippen molar-refractivity contribution in [3.05, 3.63) is 24.5 Å². The second-order valence-electron chi connectivity index (χ2n) is 3.61. The first-order valence-corrected chi connectivity index (χ1v) is 5.38. The number of carbonyl (C=O) groups is 1. The Labute approximate surface area is 90.5 Å². The van der Waals surface area contributed by atoms with E-state index in [9.17, 15) is 4.79 Å². The van der Waals surface area contributed by atoms with Gasteiger partial charge >= 0.3 is 0 Å². The van der Waals surface area contributed by atoms with E-state index in [2.05, 4.69) is 5.32 Å². The van der Waals surface area contributed by atoms with Gasteiger partial charge < -0.3 is 15.6 Å². The average molecular weight is 209 g/mol. The summed E-state index contributed by atoms with van der Waals surface area (Å²) in [7, 11) is 0. The maximum atomic E-state index is 11.4. The van der Waals surface area contributed by atoms with Gasteiger partial charge in [-0.3, -0.25) is 4.79 Å². The largest absolute Gasteiger partial charge is 0.353 e. The molecular formula is C11H19N3O. The van der Waals surface area contributed by atoms with Crippen molar-refractivity contribution in [1.82, 2.24) is 9.88 Å². The molecule has 15 heavy (non-hydrogen) atoms. The fourth-order valence-corrected chi connectivity index (χ4v) is 1.40. The average Bonchev–Trinajstić information content (AvgIpc) is 2.71. The predicted octanol–water partition coefficient (Wildman–Crippen LogP) is 0.732. The molecule has 1 rings (SSSR count). The number of nitrogens with one attached hydrogen (secondary N) is 1. The van der Waals surface area contributed by atoms with Gasteiger partial charge in [0, 0.05) is 25.5 Å². The quantitative estimate of drug-likeness (QED) is 0.725. The summed E-state index contributed by atoms with van der Waals surface area (Å²) in [5.41, 5.74) is 5.67. The van der Waals surface area contributed by atoms with E-state index < -0.39 is 0 Å². The maximum Gasteiger partial charge on any atom is 0.236 e. The fourth-order valence-electron chi connectivity index (χ4n) is 1.40. The summed E-state index contributed by atoms with van der Waals surface area (Å²) in [6.45, 7) is 3.44. The van der Waals surface area contributed by atoms with E-state index in [0.717, 1.165) is 19.4 Å². The first kappa shape index (κ1) is 11.8. The smallest absolute Gasteiger partial charge is 0.236 e. The summed E-state index contributed by atoms with van der Waals surface area (Å²) in [4.78, 5) is 11.4. The highest BCUT2D eigenvalue weighted by Gasteiger charge is 2.10. The van der Waals surface area contributed by atoms with Gasteiger partial charge in [0.05, 0.1) is 6.04 Å². The van der Waals surface area contributed by atoms with Gasteiger partial charge in [0.15, 0.2) is 0 Å². The Morgan fingerprint density at radius 1 is 1.47 bits per heavy atom. The van der Waals surface area contributed by atoms with Crippen LogP contribution in [0, 0.1) is 0 Å². The minimum atomic E-state index is -0.361. The molecule has 0 aliphatic rings. The second kappa shape index (κ2) is 6.24. The molecule has 0 saturated heterocycles. The molecule has 1 aromatic rings. The Bertz CT molecular complexity index is 282. The Morgan fingerprint density at radius 2 is 2.13 bits per heavy atom. The molecule has 0 aromatic carbocycles. The van der Waals surface area contributed by atoms with E-state index in [1.54, 1.807) is 0 Å². The molecule has 0 saturated carbocycles. The van der Waals surface area contributed by atoms with Gasteiger partial charge in [-0.2, -0.15) is 0 Å². The maximum absolute atomic E-state index is 11.4. The van der Waals surface area contributed by atoms with Gasteiger partial charge in [-0.1, -0.05) is 13.3 Å². The Morgan fingerprint density at radius 3 is 2.73 bits per heavy atom. The summed E-state index contributed by atoms with van der Waals surface area (Å²) in [5.74, 6) is -0.0518. The highest BCUT2D eigenvalue weighted by atomic mass is 16.2. The van der Waals surface area contributed by atoms with Gasteiger partial charge in [-0.05, 0) is 18.6 Å². The van der Waals surface area contributed by atoms with Gasteiger partial charge in [0.2, 0.25) is 5.91 Å². The summed E-state index contributed by atoms with van der Waals surface area (Å²) < 4.78 is 2.02. The van der Waals surface area contributed by atoms with E-state index in [-0.39, 0.29) is 11.9 Å². The number of aromatic nitrogens is 1. The molecule has 1 amide bonds. The standard InChI is InChI=1S/C11H19N3O/c1-2-5-10(12)11(15)13-6-9-14-7-3-4-8-14/h3-4,7-8,10H,2,5-6,9,12H2,1H3,(H,13,15)/t10-/m0/s1. The first-order chi connectivity index (χ1) is 7.24. The van der Waals surface area contributed by atoms with E-state index in [0.29, 0.717) is 6.54 Å². The summed E-state index contributed by atoms with van der Waals surface area (Å²) in [6.07, 6.45) is 5.62. The zero-order chi connectivity index (χ0) is 11.1. The van der Waals surface area contributed by atoms with Crippen LogP contribution in [0.4, 0.5) is 0 Å². The molecule has 1 atom stereocenters. The van der Waals surface area contributed by atoms with Crippen LogP contribution in [0.25, 0.3) is 0 Å². The third kappa shape index (κ3) is 4.16. The molecule has 0 fully saturated rings. The van der Waals surface area contributed by atoms with Crippen LogP contribution in [0.15, 0.2) is 24.5 Å². The van der Waals surface area contributed by atoms with E-state index >= 15 is 0 Å². The topological polar surface area (TPSA) is 60.1 Å². The lowest BCUT2D eigenvalue weighted by atomic mass is 10.2. The minimum Gasteiger partial charge on any atom is -0.353 e. The number of nitrogens with two attached hydrogens (primary N) is 1. The normalized spacial score (nSPS) is 12.4. The van der Waals surface area contributed by atoms with Crippen LogP contribution in [0.2, 0.25) is 0 Å². The monoisotopic (exact) mass is 209 g/mol. The second-order valence-corrected chi connectivity index (χ2v) is 3.61. The van der Waals surface area contributed by atoms with Crippen molar-refractivity contribution >= 4 is 5.91 Å². The third-order valence-corrected chi connectivity index (χ3v) is 2.27. The zero-order valence-electron chi connectivity index (χ0n) is 9.15. The lowest BCUT2D eigenvalue weighted by molar-refractivity contribution is -0.122. The van der Waals surface area contributed by atoms with Crippen molar-refractivity contribution < 1.29 is 4.79 Å². The molecule has 1 aromatic heterocycles. The molecule has 0 aliphatic carbocycles. The number of rotatable bonds is 6. The van der Waals surface area contributed by atoms with E-state index in [1.165, 1.54) is 0 Å². The summed E-state index contributed by atoms with van der Waals surface area (Å²) in [6, 6.07) is 3.56. The Balaban J connectivity index is 2.17. The van der Waals surface area contributed by atoms with Gasteiger partial charge in [-0.25, -0.2) is 0 Å². The number of carbonyl (C=O) groups excluding carboxylic acids is 1. The predicted molar refractivity (Wildman–Crippen MR) is 60.3 cm³/mol. The van der Waals surface area contributed by atoms with Crippen molar-refractivity contribution in [2.24, 2.45) is 5.73 Å². The molecule has 0 spiro atoms. The molecule has 4 heteroatoms. The minimum absolute atomic E-state index is 0.0518. The summed E-state index contributed by atoms with van der Waals surface area (Å²) in [5, 5.41) is 2.82. The molecular weight excluding hydrogens is 190 g/mol. The van der Waals surface area contributed by atoms with Crippen LogP contribution in [0.1, 0.15) is 19.8 Å². The van der Waals surface area contributed by atoms with Crippen molar-refractivity contribution in [1.29, 1.82) is 0 Å². The summed E-state index contributed by atoms with van der Waals surface area (Å²) >= 11 is 0. The molecule has 0 bridgehead atoms. The molecule has 4 nitrogen and oxygen atoms in total. The van der Waals surface area contributed by atoms with Crippen LogP contribution >= 0.6 is 0 Å². The molecule has 1 heterocycles.